The molecule has 0 unspecified atom stereocenters. The Kier molecular flexibility index (Phi) is 4.56. The van der Waals surface area contributed by atoms with E-state index < -0.39 is 5.97 Å². The van der Waals surface area contributed by atoms with Gasteiger partial charge in [0.25, 0.3) is 0 Å². The van der Waals surface area contributed by atoms with Gasteiger partial charge in [0.1, 0.15) is 11.3 Å². The molecule has 0 radical (unpaired) electrons. The minimum absolute atomic E-state index is 0.0665. The molecule has 4 aromatic rings. The van der Waals surface area contributed by atoms with Crippen molar-refractivity contribution in [2.45, 2.75) is 12.5 Å². The number of nitrogens with zero attached hydrogens (tertiary/aromatic N) is 3. The molecule has 8 nitrogen and oxygen atoms in total. The molecule has 0 spiro atoms. The van der Waals surface area contributed by atoms with E-state index in [1.165, 1.54) is 12.1 Å². The van der Waals surface area contributed by atoms with Crippen molar-refractivity contribution in [1.82, 2.24) is 19.4 Å². The van der Waals surface area contributed by atoms with Crippen LogP contribution in [0.2, 0.25) is 0 Å². The topological polar surface area (TPSA) is 109 Å². The van der Waals surface area contributed by atoms with Crippen molar-refractivity contribution in [3.05, 3.63) is 76.8 Å². The number of hydrogen-bond acceptors (Lipinski definition) is 5. The Hall–Kier alpha value is -3.91. The molecule has 1 fully saturated rings. The first-order valence-electron chi connectivity index (χ1n) is 10.0. The van der Waals surface area contributed by atoms with Crippen LogP contribution in [0.15, 0.2) is 65.6 Å². The SMILES string of the molecule is O=C(O)c1cc(-c2ccc(-n3c(=O)n([C@H]4CCNC4)c4ncccc43)cc2)ccc1O. The van der Waals surface area contributed by atoms with E-state index in [0.717, 1.165) is 30.6 Å². The lowest BCUT2D eigenvalue weighted by molar-refractivity contribution is 0.0694. The molecular weight excluding hydrogens is 396 g/mol. The number of hydrogen-bond donors (Lipinski definition) is 3. The summed E-state index contributed by atoms with van der Waals surface area (Å²) in [6.45, 7) is 1.61. The summed E-state index contributed by atoms with van der Waals surface area (Å²) in [5.74, 6) is -1.47. The molecule has 1 aliphatic rings. The van der Waals surface area contributed by atoms with Crippen LogP contribution in [0.25, 0.3) is 28.0 Å². The van der Waals surface area contributed by atoms with Gasteiger partial charge < -0.3 is 15.5 Å². The third kappa shape index (κ3) is 3.17. The van der Waals surface area contributed by atoms with E-state index >= 15 is 0 Å². The van der Waals surface area contributed by atoms with Gasteiger partial charge in [0, 0.05) is 12.7 Å². The third-order valence-electron chi connectivity index (χ3n) is 5.72. The van der Waals surface area contributed by atoms with Gasteiger partial charge in [-0.1, -0.05) is 18.2 Å². The summed E-state index contributed by atoms with van der Waals surface area (Å²) < 4.78 is 3.42. The maximum atomic E-state index is 13.4. The first kappa shape index (κ1) is 19.1. The van der Waals surface area contributed by atoms with E-state index in [-0.39, 0.29) is 23.0 Å². The number of aromatic nitrogens is 3. The lowest BCUT2D eigenvalue weighted by atomic mass is 10.0. The fourth-order valence-corrected chi connectivity index (χ4v) is 4.18. The predicted molar refractivity (Wildman–Crippen MR) is 116 cm³/mol. The highest BCUT2D eigenvalue weighted by atomic mass is 16.4. The quantitative estimate of drug-likeness (QED) is 0.472. The van der Waals surface area contributed by atoms with E-state index in [0.29, 0.717) is 16.9 Å². The summed E-state index contributed by atoms with van der Waals surface area (Å²) in [4.78, 5) is 29.1. The fourth-order valence-electron chi connectivity index (χ4n) is 4.18. The van der Waals surface area contributed by atoms with Gasteiger partial charge in [0.15, 0.2) is 5.65 Å². The molecule has 1 saturated heterocycles. The molecular formula is C23H20N4O4. The second-order valence-corrected chi connectivity index (χ2v) is 7.56. The van der Waals surface area contributed by atoms with Crippen molar-refractivity contribution >= 4 is 17.1 Å². The van der Waals surface area contributed by atoms with Crippen LogP contribution in [0.4, 0.5) is 0 Å². The van der Waals surface area contributed by atoms with Crippen LogP contribution in [0, 0.1) is 0 Å². The number of phenols is 1. The first-order valence-corrected chi connectivity index (χ1v) is 10.0. The molecule has 5 rings (SSSR count). The highest BCUT2D eigenvalue weighted by molar-refractivity contribution is 5.92. The van der Waals surface area contributed by atoms with Gasteiger partial charge >= 0.3 is 11.7 Å². The maximum Gasteiger partial charge on any atom is 0.339 e. The molecule has 0 bridgehead atoms. The molecule has 0 aliphatic carbocycles. The number of rotatable bonds is 4. The van der Waals surface area contributed by atoms with Gasteiger partial charge in [-0.25, -0.2) is 14.6 Å². The molecule has 1 atom stereocenters. The number of aromatic carboxylic acids is 1. The molecule has 0 saturated carbocycles. The Labute approximate surface area is 177 Å². The van der Waals surface area contributed by atoms with Gasteiger partial charge in [-0.2, -0.15) is 0 Å². The summed E-state index contributed by atoms with van der Waals surface area (Å²) in [5, 5.41) is 22.3. The Morgan fingerprint density at radius 1 is 1.10 bits per heavy atom. The van der Waals surface area contributed by atoms with Crippen LogP contribution in [0.1, 0.15) is 22.8 Å². The van der Waals surface area contributed by atoms with Crippen LogP contribution in [-0.4, -0.2) is 43.4 Å². The summed E-state index contributed by atoms with van der Waals surface area (Å²) in [5.41, 5.74) is 3.26. The van der Waals surface area contributed by atoms with Crippen molar-refractivity contribution in [2.24, 2.45) is 0 Å². The summed E-state index contributed by atoms with van der Waals surface area (Å²) in [6, 6.07) is 15.5. The van der Waals surface area contributed by atoms with E-state index in [9.17, 15) is 19.8 Å². The molecule has 8 heteroatoms. The predicted octanol–water partition coefficient (Wildman–Crippen LogP) is 2.79. The molecule has 2 aromatic heterocycles. The molecule has 1 aliphatic heterocycles. The highest BCUT2D eigenvalue weighted by Gasteiger charge is 2.24. The van der Waals surface area contributed by atoms with E-state index in [1.54, 1.807) is 21.4 Å². The molecule has 0 amide bonds. The van der Waals surface area contributed by atoms with E-state index in [1.807, 2.05) is 36.4 Å². The normalized spacial score (nSPS) is 16.1. The number of carbonyl (C=O) groups is 1. The van der Waals surface area contributed by atoms with Crippen molar-refractivity contribution in [3.63, 3.8) is 0 Å². The number of pyridine rings is 1. The lowest BCUT2D eigenvalue weighted by Crippen LogP contribution is -2.28. The van der Waals surface area contributed by atoms with Crippen molar-refractivity contribution in [2.75, 3.05) is 13.1 Å². The lowest BCUT2D eigenvalue weighted by Gasteiger charge is -2.09. The van der Waals surface area contributed by atoms with Gasteiger partial charge in [0.05, 0.1) is 17.2 Å². The standard InChI is InChI=1S/C23H20N4O4/c28-20-8-5-15(12-18(20)22(29)30)14-3-6-16(7-4-14)26-19-2-1-10-25-21(19)27(23(26)31)17-9-11-24-13-17/h1-8,10,12,17,24,28H,9,11,13H2,(H,29,30)/t17-/m0/s1. The maximum absolute atomic E-state index is 13.4. The number of fused-ring (bicyclic) bond motifs is 1. The average Bonchev–Trinajstić information content (AvgIpc) is 3.39. The van der Waals surface area contributed by atoms with Crippen LogP contribution in [0.3, 0.4) is 0 Å². The van der Waals surface area contributed by atoms with Gasteiger partial charge in [-0.3, -0.25) is 9.13 Å². The zero-order valence-corrected chi connectivity index (χ0v) is 16.5. The van der Waals surface area contributed by atoms with Crippen LogP contribution < -0.4 is 11.0 Å². The van der Waals surface area contributed by atoms with Crippen LogP contribution in [0.5, 0.6) is 5.75 Å². The van der Waals surface area contributed by atoms with E-state index in [2.05, 4.69) is 10.3 Å². The summed E-state index contributed by atoms with van der Waals surface area (Å²) in [7, 11) is 0. The monoisotopic (exact) mass is 416 g/mol. The van der Waals surface area contributed by atoms with Crippen LogP contribution >= 0.6 is 0 Å². The van der Waals surface area contributed by atoms with Gasteiger partial charge in [0.2, 0.25) is 0 Å². The Morgan fingerprint density at radius 2 is 1.87 bits per heavy atom. The molecule has 31 heavy (non-hydrogen) atoms. The second kappa shape index (κ2) is 7.41. The first-order chi connectivity index (χ1) is 15.0. The number of imidazole rings is 1. The molecule has 156 valence electrons. The average molecular weight is 416 g/mol. The Bertz CT molecular complexity index is 1350. The van der Waals surface area contributed by atoms with Gasteiger partial charge in [-0.15, -0.1) is 0 Å². The van der Waals surface area contributed by atoms with E-state index in [4.69, 9.17) is 0 Å². The zero-order valence-electron chi connectivity index (χ0n) is 16.5. The molecule has 3 heterocycles. The summed E-state index contributed by atoms with van der Waals surface area (Å²) in [6.07, 6.45) is 2.57. The fraction of sp³-hybridized carbons (Fsp3) is 0.174. The second-order valence-electron chi connectivity index (χ2n) is 7.56. The number of benzene rings is 2. The minimum atomic E-state index is -1.19. The molecule has 2 aromatic carbocycles. The van der Waals surface area contributed by atoms with Crippen molar-refractivity contribution < 1.29 is 15.0 Å². The van der Waals surface area contributed by atoms with Crippen LogP contribution in [-0.2, 0) is 0 Å². The van der Waals surface area contributed by atoms with Crippen molar-refractivity contribution in [1.29, 1.82) is 0 Å². The zero-order chi connectivity index (χ0) is 21.5. The number of carboxylic acids is 1. The largest absolute Gasteiger partial charge is 0.507 e. The molecule has 3 N–H and O–H groups in total. The number of carboxylic acid groups (broad SMARTS) is 1. The van der Waals surface area contributed by atoms with Gasteiger partial charge in [-0.05, 0) is 60.5 Å². The Balaban J connectivity index is 1.60. The van der Waals surface area contributed by atoms with Crippen molar-refractivity contribution in [3.8, 4) is 22.6 Å². The Morgan fingerprint density at radius 3 is 2.58 bits per heavy atom. The smallest absolute Gasteiger partial charge is 0.339 e. The highest BCUT2D eigenvalue weighted by Crippen LogP contribution is 2.28. The minimum Gasteiger partial charge on any atom is -0.507 e. The number of nitrogens with one attached hydrogen (secondary N) is 1. The number of aromatic hydroxyl groups is 1. The third-order valence-corrected chi connectivity index (χ3v) is 5.72. The summed E-state index contributed by atoms with van der Waals surface area (Å²) >= 11 is 0.